The Morgan fingerprint density at radius 2 is 2.11 bits per heavy atom. The van der Waals surface area contributed by atoms with Gasteiger partial charge >= 0.3 is 5.97 Å². The minimum atomic E-state index is -2.32. The van der Waals surface area contributed by atoms with Crippen molar-refractivity contribution in [2.24, 2.45) is 0 Å². The van der Waals surface area contributed by atoms with E-state index in [0.29, 0.717) is 10.6 Å². The van der Waals surface area contributed by atoms with E-state index in [4.69, 9.17) is 16.7 Å². The summed E-state index contributed by atoms with van der Waals surface area (Å²) in [7, 11) is 0. The minimum absolute atomic E-state index is 0.0510. The molecule has 1 aromatic rings. The first-order chi connectivity index (χ1) is 8.92. The molecule has 4 nitrogen and oxygen atoms in total. The molecule has 0 bridgehead atoms. The molecule has 6 heteroatoms. The van der Waals surface area contributed by atoms with E-state index in [0.717, 1.165) is 0 Å². The molecule has 1 aliphatic heterocycles. The van der Waals surface area contributed by atoms with Crippen LogP contribution in [0.2, 0.25) is 5.02 Å². The second-order valence-corrected chi connectivity index (χ2v) is 5.01. The molecular weight excluding hydrogens is 273 g/mol. The first kappa shape index (κ1) is 13.8. The molecule has 1 unspecified atom stereocenters. The normalized spacial score (nSPS) is 22.5. The predicted molar refractivity (Wildman–Crippen MR) is 67.8 cm³/mol. The van der Waals surface area contributed by atoms with Crippen molar-refractivity contribution in [2.45, 2.75) is 18.5 Å². The number of carbonyl (C=O) groups is 2. The standard InChI is InChI=1S/C13H13ClFNO3/c14-10-4-2-1-3-9(10)7-11(17)16-6-5-13(15,8-16)12(18)19/h1-4H,5-8H2,(H,18,19). The third-order valence-electron chi connectivity index (χ3n) is 3.25. The predicted octanol–water partition coefficient (Wildman–Crippen LogP) is 1.91. The summed E-state index contributed by atoms with van der Waals surface area (Å²) in [6.45, 7) is -0.280. The number of likely N-dealkylation sites (tertiary alicyclic amines) is 1. The monoisotopic (exact) mass is 285 g/mol. The summed E-state index contributed by atoms with van der Waals surface area (Å²) in [6.07, 6.45) is -0.119. The first-order valence-electron chi connectivity index (χ1n) is 5.86. The average Bonchev–Trinajstić information content (AvgIpc) is 2.76. The quantitative estimate of drug-likeness (QED) is 0.923. The van der Waals surface area contributed by atoms with Crippen LogP contribution in [-0.2, 0) is 16.0 Å². The van der Waals surface area contributed by atoms with Gasteiger partial charge in [-0.3, -0.25) is 4.79 Å². The molecule has 19 heavy (non-hydrogen) atoms. The van der Waals surface area contributed by atoms with Crippen LogP contribution in [-0.4, -0.2) is 40.6 Å². The van der Waals surface area contributed by atoms with E-state index in [1.54, 1.807) is 24.3 Å². The third kappa shape index (κ3) is 2.87. The van der Waals surface area contributed by atoms with Gasteiger partial charge in [-0.1, -0.05) is 29.8 Å². The van der Waals surface area contributed by atoms with Gasteiger partial charge in [-0.05, 0) is 11.6 Å². The molecule has 1 heterocycles. The van der Waals surface area contributed by atoms with Crippen LogP contribution in [0.4, 0.5) is 4.39 Å². The zero-order chi connectivity index (χ0) is 14.0. The highest BCUT2D eigenvalue weighted by Crippen LogP contribution is 2.27. The van der Waals surface area contributed by atoms with Crippen LogP contribution in [0, 0.1) is 0 Å². The molecule has 1 saturated heterocycles. The van der Waals surface area contributed by atoms with Crippen LogP contribution < -0.4 is 0 Å². The Labute approximate surface area is 114 Å². The lowest BCUT2D eigenvalue weighted by Gasteiger charge is -2.18. The van der Waals surface area contributed by atoms with Gasteiger partial charge in [0.25, 0.3) is 0 Å². The molecule has 1 atom stereocenters. The first-order valence-corrected chi connectivity index (χ1v) is 6.24. The number of carboxylic acid groups (broad SMARTS) is 1. The molecule has 1 aromatic carbocycles. The van der Waals surface area contributed by atoms with Gasteiger partial charge in [0.05, 0.1) is 13.0 Å². The maximum Gasteiger partial charge on any atom is 0.343 e. The van der Waals surface area contributed by atoms with Crippen LogP contribution in [0.5, 0.6) is 0 Å². The molecule has 1 N–H and O–H groups in total. The summed E-state index contributed by atoms with van der Waals surface area (Å²) in [5.41, 5.74) is -1.67. The molecule has 0 aliphatic carbocycles. The van der Waals surface area contributed by atoms with E-state index in [2.05, 4.69) is 0 Å². The van der Waals surface area contributed by atoms with Crippen molar-refractivity contribution < 1.29 is 19.1 Å². The molecule has 0 radical (unpaired) electrons. The highest BCUT2D eigenvalue weighted by Gasteiger charge is 2.46. The number of nitrogens with zero attached hydrogens (tertiary/aromatic N) is 1. The van der Waals surface area contributed by atoms with Crippen molar-refractivity contribution in [3.05, 3.63) is 34.9 Å². The molecule has 2 rings (SSSR count). The number of hydrogen-bond acceptors (Lipinski definition) is 2. The van der Waals surface area contributed by atoms with Crippen molar-refractivity contribution >= 4 is 23.5 Å². The van der Waals surface area contributed by atoms with E-state index in [9.17, 15) is 14.0 Å². The number of hydrogen-bond donors (Lipinski definition) is 1. The molecule has 0 aromatic heterocycles. The number of aliphatic carboxylic acids is 1. The van der Waals surface area contributed by atoms with Crippen LogP contribution in [0.1, 0.15) is 12.0 Å². The number of benzene rings is 1. The number of alkyl halides is 1. The summed E-state index contributed by atoms with van der Waals surface area (Å²) in [4.78, 5) is 24.0. The highest BCUT2D eigenvalue weighted by atomic mass is 35.5. The Bertz CT molecular complexity index is 522. The lowest BCUT2D eigenvalue weighted by atomic mass is 10.1. The Balaban J connectivity index is 2.03. The molecule has 1 fully saturated rings. The highest BCUT2D eigenvalue weighted by molar-refractivity contribution is 6.31. The molecule has 0 saturated carbocycles. The Morgan fingerprint density at radius 1 is 1.42 bits per heavy atom. The Hall–Kier alpha value is -1.62. The number of carboxylic acids is 1. The smallest absolute Gasteiger partial charge is 0.343 e. The third-order valence-corrected chi connectivity index (χ3v) is 3.62. The van der Waals surface area contributed by atoms with Crippen molar-refractivity contribution in [3.63, 3.8) is 0 Å². The summed E-state index contributed by atoms with van der Waals surface area (Å²) >= 11 is 5.94. The average molecular weight is 286 g/mol. The summed E-state index contributed by atoms with van der Waals surface area (Å²) < 4.78 is 13.8. The fraction of sp³-hybridized carbons (Fsp3) is 0.385. The lowest BCUT2D eigenvalue weighted by Crippen LogP contribution is -2.39. The number of amides is 1. The van der Waals surface area contributed by atoms with E-state index in [1.807, 2.05) is 0 Å². The van der Waals surface area contributed by atoms with Crippen LogP contribution in [0.25, 0.3) is 0 Å². The van der Waals surface area contributed by atoms with E-state index >= 15 is 0 Å². The van der Waals surface area contributed by atoms with Gasteiger partial charge in [0, 0.05) is 18.0 Å². The maximum atomic E-state index is 13.8. The lowest BCUT2D eigenvalue weighted by molar-refractivity contribution is -0.150. The maximum absolute atomic E-state index is 13.8. The van der Waals surface area contributed by atoms with E-state index in [1.165, 1.54) is 4.90 Å². The topological polar surface area (TPSA) is 57.6 Å². The van der Waals surface area contributed by atoms with Gasteiger partial charge in [-0.15, -0.1) is 0 Å². The van der Waals surface area contributed by atoms with Crippen molar-refractivity contribution in [3.8, 4) is 0 Å². The molecule has 1 amide bonds. The molecular formula is C13H13ClFNO3. The van der Waals surface area contributed by atoms with Crippen LogP contribution in [0.3, 0.4) is 0 Å². The van der Waals surface area contributed by atoms with Gasteiger partial charge in [0.15, 0.2) is 0 Å². The molecule has 102 valence electrons. The van der Waals surface area contributed by atoms with Gasteiger partial charge in [0.1, 0.15) is 0 Å². The van der Waals surface area contributed by atoms with Crippen molar-refractivity contribution in [2.75, 3.05) is 13.1 Å². The van der Waals surface area contributed by atoms with E-state index < -0.39 is 18.2 Å². The number of halogens is 2. The van der Waals surface area contributed by atoms with Crippen molar-refractivity contribution in [1.82, 2.24) is 4.90 Å². The van der Waals surface area contributed by atoms with Gasteiger partial charge in [-0.2, -0.15) is 0 Å². The summed E-state index contributed by atoms with van der Waals surface area (Å²) in [6, 6.07) is 6.90. The fourth-order valence-corrected chi connectivity index (χ4v) is 2.28. The van der Waals surface area contributed by atoms with E-state index in [-0.39, 0.29) is 25.3 Å². The van der Waals surface area contributed by atoms with Gasteiger partial charge < -0.3 is 10.0 Å². The molecule has 0 spiro atoms. The summed E-state index contributed by atoms with van der Waals surface area (Å²) in [5, 5.41) is 9.24. The second kappa shape index (κ2) is 5.17. The second-order valence-electron chi connectivity index (χ2n) is 4.60. The zero-order valence-corrected chi connectivity index (χ0v) is 10.9. The van der Waals surface area contributed by atoms with Crippen LogP contribution in [0.15, 0.2) is 24.3 Å². The Morgan fingerprint density at radius 3 is 2.68 bits per heavy atom. The Kier molecular flexibility index (Phi) is 3.75. The van der Waals surface area contributed by atoms with Crippen molar-refractivity contribution in [1.29, 1.82) is 0 Å². The SMILES string of the molecule is O=C(Cc1ccccc1Cl)N1CCC(F)(C(=O)O)C1. The fourth-order valence-electron chi connectivity index (χ4n) is 2.08. The zero-order valence-electron chi connectivity index (χ0n) is 10.1. The van der Waals surface area contributed by atoms with Crippen LogP contribution >= 0.6 is 11.6 Å². The molecule has 1 aliphatic rings. The number of carbonyl (C=O) groups excluding carboxylic acids is 1. The number of rotatable bonds is 3. The van der Waals surface area contributed by atoms with Gasteiger partial charge in [0.2, 0.25) is 11.6 Å². The van der Waals surface area contributed by atoms with Gasteiger partial charge in [-0.25, -0.2) is 9.18 Å². The minimum Gasteiger partial charge on any atom is -0.479 e. The summed E-state index contributed by atoms with van der Waals surface area (Å²) in [5.74, 6) is -1.82. The largest absolute Gasteiger partial charge is 0.479 e.